The van der Waals surface area contributed by atoms with Gasteiger partial charge < -0.3 is 0 Å². The van der Waals surface area contributed by atoms with Gasteiger partial charge in [-0.25, -0.2) is 0 Å². The third kappa shape index (κ3) is 12.7. The molecule has 0 heterocycles. The summed E-state index contributed by atoms with van der Waals surface area (Å²) in [6.45, 7) is 11.1. The van der Waals surface area contributed by atoms with E-state index in [-0.39, 0.29) is 5.92 Å². The Morgan fingerprint density at radius 3 is 2.00 bits per heavy atom. The standard InChI is InChI=1S/C25H44N2/c1-6-10-22(14-15-26)17-24(12-8-3)19-25(13-9-4)18-23(11-7-2)16-21(5)20-27/h17,21-23,25H,6-14,16,18-19H2,1-5H3/b24-17+. The fourth-order valence-corrected chi connectivity index (χ4v) is 4.49. The third-order valence-electron chi connectivity index (χ3n) is 5.57. The van der Waals surface area contributed by atoms with Crippen molar-refractivity contribution >= 4 is 0 Å². The molecule has 2 nitrogen and oxygen atoms in total. The van der Waals surface area contributed by atoms with E-state index in [4.69, 9.17) is 5.26 Å². The maximum Gasteiger partial charge on any atom is 0.0652 e. The Kier molecular flexibility index (Phi) is 16.1. The van der Waals surface area contributed by atoms with Crippen LogP contribution in [0.4, 0.5) is 0 Å². The Bertz CT molecular complexity index is 466. The van der Waals surface area contributed by atoms with Crippen LogP contribution >= 0.6 is 0 Å². The van der Waals surface area contributed by atoms with Gasteiger partial charge in [0.25, 0.3) is 0 Å². The molecule has 0 amide bonds. The van der Waals surface area contributed by atoms with E-state index < -0.39 is 0 Å². The molecule has 0 radical (unpaired) electrons. The van der Waals surface area contributed by atoms with Crippen LogP contribution in [-0.2, 0) is 0 Å². The van der Waals surface area contributed by atoms with Gasteiger partial charge in [-0.05, 0) is 56.8 Å². The molecule has 0 saturated carbocycles. The lowest BCUT2D eigenvalue weighted by molar-refractivity contribution is 0.297. The van der Waals surface area contributed by atoms with Crippen molar-refractivity contribution < 1.29 is 0 Å². The molecule has 4 unspecified atom stereocenters. The molecule has 0 bridgehead atoms. The second-order valence-electron chi connectivity index (χ2n) is 8.50. The van der Waals surface area contributed by atoms with E-state index in [9.17, 15) is 5.26 Å². The number of hydrogen-bond donors (Lipinski definition) is 0. The van der Waals surface area contributed by atoms with Gasteiger partial charge in [0.2, 0.25) is 0 Å². The largest absolute Gasteiger partial charge is 0.198 e. The molecule has 0 aromatic carbocycles. The molecule has 0 aromatic heterocycles. The van der Waals surface area contributed by atoms with Crippen LogP contribution < -0.4 is 0 Å². The summed E-state index contributed by atoms with van der Waals surface area (Å²) in [5.74, 6) is 1.99. The van der Waals surface area contributed by atoms with Gasteiger partial charge in [0.05, 0.1) is 12.1 Å². The molecule has 0 aliphatic heterocycles. The highest BCUT2D eigenvalue weighted by Gasteiger charge is 2.19. The average molecular weight is 373 g/mol. The molecule has 0 rings (SSSR count). The second kappa shape index (κ2) is 16.9. The van der Waals surface area contributed by atoms with Crippen LogP contribution in [0.25, 0.3) is 0 Å². The highest BCUT2D eigenvalue weighted by molar-refractivity contribution is 5.07. The average Bonchev–Trinajstić information content (AvgIpc) is 2.62. The molecule has 0 N–H and O–H groups in total. The topological polar surface area (TPSA) is 47.6 Å². The highest BCUT2D eigenvalue weighted by Crippen LogP contribution is 2.32. The third-order valence-corrected chi connectivity index (χ3v) is 5.57. The molecule has 27 heavy (non-hydrogen) atoms. The van der Waals surface area contributed by atoms with Gasteiger partial charge in [-0.3, -0.25) is 0 Å². The van der Waals surface area contributed by atoms with E-state index in [0.29, 0.717) is 18.3 Å². The predicted molar refractivity (Wildman–Crippen MR) is 117 cm³/mol. The Morgan fingerprint density at radius 1 is 0.852 bits per heavy atom. The summed E-state index contributed by atoms with van der Waals surface area (Å²) >= 11 is 0. The zero-order chi connectivity index (χ0) is 20.5. The minimum atomic E-state index is 0.166. The zero-order valence-electron chi connectivity index (χ0n) is 18.8. The van der Waals surface area contributed by atoms with Crippen molar-refractivity contribution in [1.82, 2.24) is 0 Å². The Morgan fingerprint density at radius 2 is 1.48 bits per heavy atom. The summed E-state index contributed by atoms with van der Waals surface area (Å²) < 4.78 is 0. The molecule has 0 aliphatic carbocycles. The van der Waals surface area contributed by atoms with Crippen molar-refractivity contribution in [2.45, 2.75) is 112 Å². The monoisotopic (exact) mass is 372 g/mol. The maximum atomic E-state index is 9.22. The smallest absolute Gasteiger partial charge is 0.0652 e. The molecule has 0 fully saturated rings. The molecule has 0 saturated heterocycles. The van der Waals surface area contributed by atoms with E-state index in [1.165, 1.54) is 51.4 Å². The highest BCUT2D eigenvalue weighted by atomic mass is 14.3. The number of hydrogen-bond acceptors (Lipinski definition) is 2. The fraction of sp³-hybridized carbons (Fsp3) is 0.840. The minimum absolute atomic E-state index is 0.166. The maximum absolute atomic E-state index is 9.22. The summed E-state index contributed by atoms with van der Waals surface area (Å²) in [7, 11) is 0. The van der Waals surface area contributed by atoms with Crippen LogP contribution in [0.2, 0.25) is 0 Å². The van der Waals surface area contributed by atoms with Crippen molar-refractivity contribution in [3.63, 3.8) is 0 Å². The lowest BCUT2D eigenvalue weighted by Gasteiger charge is -2.25. The number of allylic oxidation sites excluding steroid dienone is 2. The van der Waals surface area contributed by atoms with Crippen molar-refractivity contribution in [2.24, 2.45) is 23.7 Å². The van der Waals surface area contributed by atoms with Gasteiger partial charge >= 0.3 is 0 Å². The molecule has 4 atom stereocenters. The van der Waals surface area contributed by atoms with Crippen molar-refractivity contribution in [3.05, 3.63) is 11.6 Å². The van der Waals surface area contributed by atoms with E-state index in [1.54, 1.807) is 5.57 Å². The van der Waals surface area contributed by atoms with Crippen LogP contribution in [0.5, 0.6) is 0 Å². The summed E-state index contributed by atoms with van der Waals surface area (Å²) in [5.41, 5.74) is 1.58. The van der Waals surface area contributed by atoms with E-state index >= 15 is 0 Å². The fourth-order valence-electron chi connectivity index (χ4n) is 4.49. The molecule has 0 spiro atoms. The van der Waals surface area contributed by atoms with E-state index in [0.717, 1.165) is 25.2 Å². The normalized spacial score (nSPS) is 16.2. The molecule has 2 heteroatoms. The molecular formula is C25H44N2. The number of nitrogens with zero attached hydrogens (tertiary/aromatic N) is 2. The first-order valence-corrected chi connectivity index (χ1v) is 11.5. The second-order valence-corrected chi connectivity index (χ2v) is 8.50. The predicted octanol–water partition coefficient (Wildman–Crippen LogP) is 8.21. The van der Waals surface area contributed by atoms with Gasteiger partial charge in [0.1, 0.15) is 0 Å². The first-order chi connectivity index (χ1) is 13.0. The molecule has 154 valence electrons. The van der Waals surface area contributed by atoms with Gasteiger partial charge in [-0.1, -0.05) is 77.9 Å². The SMILES string of the molecule is CCC/C(=C\C(CC#N)CCC)CC(CCC)CC(CCC)CC(C)C#N. The Hall–Kier alpha value is -1.28. The van der Waals surface area contributed by atoms with Crippen molar-refractivity contribution in [3.8, 4) is 12.1 Å². The zero-order valence-corrected chi connectivity index (χ0v) is 18.8. The molecule has 0 aliphatic rings. The van der Waals surface area contributed by atoms with Crippen LogP contribution in [0.3, 0.4) is 0 Å². The summed E-state index contributed by atoms with van der Waals surface area (Å²) in [4.78, 5) is 0. The first-order valence-electron chi connectivity index (χ1n) is 11.5. The Balaban J connectivity index is 5.20. The quantitative estimate of drug-likeness (QED) is 0.256. The lowest BCUT2D eigenvalue weighted by atomic mass is 9.80. The van der Waals surface area contributed by atoms with Gasteiger partial charge in [0, 0.05) is 12.3 Å². The van der Waals surface area contributed by atoms with Gasteiger partial charge in [-0.15, -0.1) is 0 Å². The lowest BCUT2D eigenvalue weighted by Crippen LogP contribution is -2.13. The van der Waals surface area contributed by atoms with E-state index in [1.807, 2.05) is 0 Å². The molecular weight excluding hydrogens is 328 g/mol. The summed E-state index contributed by atoms with van der Waals surface area (Å²) in [6, 6.07) is 4.81. The van der Waals surface area contributed by atoms with Crippen molar-refractivity contribution in [1.29, 1.82) is 10.5 Å². The molecule has 0 aromatic rings. The van der Waals surface area contributed by atoms with Crippen LogP contribution in [0.1, 0.15) is 112 Å². The first kappa shape index (κ1) is 25.7. The number of nitriles is 2. The Labute approximate surface area is 170 Å². The van der Waals surface area contributed by atoms with Crippen molar-refractivity contribution in [2.75, 3.05) is 0 Å². The van der Waals surface area contributed by atoms with Crippen LogP contribution in [0.15, 0.2) is 11.6 Å². The van der Waals surface area contributed by atoms with E-state index in [2.05, 4.69) is 52.8 Å². The van der Waals surface area contributed by atoms with Crippen LogP contribution in [0, 0.1) is 46.3 Å². The van der Waals surface area contributed by atoms with Gasteiger partial charge in [0.15, 0.2) is 0 Å². The summed E-state index contributed by atoms with van der Waals surface area (Å²) in [6.07, 6.45) is 16.2. The van der Waals surface area contributed by atoms with Gasteiger partial charge in [-0.2, -0.15) is 10.5 Å². The van der Waals surface area contributed by atoms with Crippen LogP contribution in [-0.4, -0.2) is 0 Å². The minimum Gasteiger partial charge on any atom is -0.198 e. The number of rotatable bonds is 16. The summed E-state index contributed by atoms with van der Waals surface area (Å²) in [5, 5.41) is 18.4.